The summed E-state index contributed by atoms with van der Waals surface area (Å²) in [7, 11) is 2.83. The average Bonchev–Trinajstić information content (AvgIpc) is 2.69. The van der Waals surface area contributed by atoms with Gasteiger partial charge in [0, 0.05) is 5.56 Å². The maximum atomic E-state index is 13.1. The van der Waals surface area contributed by atoms with E-state index in [-0.39, 0.29) is 16.9 Å². The van der Waals surface area contributed by atoms with Gasteiger partial charge in [0.05, 0.1) is 19.6 Å². The lowest BCUT2D eigenvalue weighted by molar-refractivity contribution is -0.147. The zero-order chi connectivity index (χ0) is 19.6. The van der Waals surface area contributed by atoms with Gasteiger partial charge in [-0.2, -0.15) is 0 Å². The first kappa shape index (κ1) is 18.5. The van der Waals surface area contributed by atoms with Crippen molar-refractivity contribution in [3.05, 3.63) is 58.3 Å². The van der Waals surface area contributed by atoms with E-state index in [1.54, 1.807) is 43.5 Å². The second kappa shape index (κ2) is 7.53. The first-order valence-corrected chi connectivity index (χ1v) is 8.41. The summed E-state index contributed by atoms with van der Waals surface area (Å²) in [5.74, 6) is 0.299. The Bertz CT molecular complexity index is 1030. The predicted molar refractivity (Wildman–Crippen MR) is 101 cm³/mol. The Balaban J connectivity index is 2.22. The number of methoxy groups -OCH3 is 2. The van der Waals surface area contributed by atoms with E-state index in [1.165, 1.54) is 14.0 Å². The predicted octanol–water partition coefficient (Wildman–Crippen LogP) is 3.72. The topological polar surface area (TPSA) is 75.0 Å². The summed E-state index contributed by atoms with van der Waals surface area (Å²) in [6.45, 7) is 3.40. The van der Waals surface area contributed by atoms with Crippen LogP contribution in [0.25, 0.3) is 22.3 Å². The van der Waals surface area contributed by atoms with Crippen molar-refractivity contribution in [2.24, 2.45) is 0 Å². The van der Waals surface area contributed by atoms with Crippen molar-refractivity contribution < 1.29 is 23.4 Å². The third-order valence-electron chi connectivity index (χ3n) is 4.18. The maximum absolute atomic E-state index is 13.1. The van der Waals surface area contributed by atoms with Crippen molar-refractivity contribution in [1.29, 1.82) is 0 Å². The van der Waals surface area contributed by atoms with E-state index >= 15 is 0 Å². The molecule has 1 atom stereocenters. The first-order valence-electron chi connectivity index (χ1n) is 8.41. The molecule has 0 aliphatic carbocycles. The van der Waals surface area contributed by atoms with Gasteiger partial charge in [-0.15, -0.1) is 0 Å². The Hall–Kier alpha value is -3.28. The largest absolute Gasteiger partial charge is 0.497 e. The molecule has 0 saturated heterocycles. The van der Waals surface area contributed by atoms with Crippen LogP contribution < -0.4 is 14.9 Å². The molecular formula is C21H20O6. The van der Waals surface area contributed by atoms with E-state index < -0.39 is 12.1 Å². The van der Waals surface area contributed by atoms with E-state index in [4.69, 9.17) is 18.6 Å². The molecule has 27 heavy (non-hydrogen) atoms. The van der Waals surface area contributed by atoms with E-state index in [0.29, 0.717) is 22.3 Å². The minimum atomic E-state index is -0.961. The molecule has 0 spiro atoms. The highest BCUT2D eigenvalue weighted by Crippen LogP contribution is 2.32. The Labute approximate surface area is 156 Å². The van der Waals surface area contributed by atoms with Crippen LogP contribution in [0.1, 0.15) is 12.5 Å². The molecule has 140 valence electrons. The van der Waals surface area contributed by atoms with Crippen molar-refractivity contribution in [3.63, 3.8) is 0 Å². The van der Waals surface area contributed by atoms with E-state index in [2.05, 4.69) is 0 Å². The molecule has 1 aromatic heterocycles. The second-order valence-electron chi connectivity index (χ2n) is 6.10. The van der Waals surface area contributed by atoms with Gasteiger partial charge in [-0.25, -0.2) is 4.79 Å². The van der Waals surface area contributed by atoms with Crippen molar-refractivity contribution in [2.45, 2.75) is 20.0 Å². The van der Waals surface area contributed by atoms with E-state index in [1.807, 2.05) is 13.0 Å². The fourth-order valence-electron chi connectivity index (χ4n) is 2.72. The molecule has 1 heterocycles. The lowest BCUT2D eigenvalue weighted by Crippen LogP contribution is -2.27. The number of aryl methyl sites for hydroxylation is 1. The number of rotatable bonds is 5. The van der Waals surface area contributed by atoms with Crippen LogP contribution >= 0.6 is 0 Å². The minimum Gasteiger partial charge on any atom is -0.497 e. The second-order valence-corrected chi connectivity index (χ2v) is 6.10. The minimum absolute atomic E-state index is 0.0313. The van der Waals surface area contributed by atoms with Crippen LogP contribution in [0.3, 0.4) is 0 Å². The van der Waals surface area contributed by atoms with Crippen LogP contribution in [0.15, 0.2) is 51.7 Å². The summed E-state index contributed by atoms with van der Waals surface area (Å²) < 4.78 is 21.5. The van der Waals surface area contributed by atoms with Crippen LogP contribution in [-0.4, -0.2) is 26.3 Å². The number of hydrogen-bond donors (Lipinski definition) is 0. The Morgan fingerprint density at radius 3 is 2.41 bits per heavy atom. The molecule has 0 bridgehead atoms. The highest BCUT2D eigenvalue weighted by atomic mass is 16.6. The quantitative estimate of drug-likeness (QED) is 0.639. The summed E-state index contributed by atoms with van der Waals surface area (Å²) in [6, 6.07) is 12.4. The van der Waals surface area contributed by atoms with Crippen LogP contribution in [0.5, 0.6) is 11.5 Å². The SMILES string of the molecule is COC(=O)[C@@H](C)Oc1c(-c2ccc(OC)cc2)oc2ccc(C)cc2c1=O. The third-order valence-corrected chi connectivity index (χ3v) is 4.18. The van der Waals surface area contributed by atoms with Gasteiger partial charge >= 0.3 is 5.97 Å². The molecule has 0 radical (unpaired) electrons. The number of ether oxygens (including phenoxy) is 3. The molecule has 0 N–H and O–H groups in total. The zero-order valence-corrected chi connectivity index (χ0v) is 15.6. The third kappa shape index (κ3) is 3.65. The maximum Gasteiger partial charge on any atom is 0.346 e. The van der Waals surface area contributed by atoms with Crippen LogP contribution in [0.2, 0.25) is 0 Å². The fourth-order valence-corrected chi connectivity index (χ4v) is 2.72. The highest BCUT2D eigenvalue weighted by Gasteiger charge is 2.23. The number of hydrogen-bond acceptors (Lipinski definition) is 6. The molecule has 0 amide bonds. The van der Waals surface area contributed by atoms with Crippen LogP contribution in [0.4, 0.5) is 0 Å². The summed E-state index contributed by atoms with van der Waals surface area (Å²) >= 11 is 0. The van der Waals surface area contributed by atoms with Crippen LogP contribution in [0, 0.1) is 6.92 Å². The van der Waals surface area contributed by atoms with Gasteiger partial charge in [0.15, 0.2) is 11.9 Å². The molecule has 0 aliphatic rings. The smallest absolute Gasteiger partial charge is 0.346 e. The first-order chi connectivity index (χ1) is 12.9. The molecule has 6 nitrogen and oxygen atoms in total. The Kier molecular flexibility index (Phi) is 5.16. The number of fused-ring (bicyclic) bond motifs is 1. The van der Waals surface area contributed by atoms with Crippen molar-refractivity contribution in [3.8, 4) is 22.8 Å². The zero-order valence-electron chi connectivity index (χ0n) is 15.6. The van der Waals surface area contributed by atoms with Gasteiger partial charge in [-0.3, -0.25) is 4.79 Å². The normalized spacial score (nSPS) is 11.9. The van der Waals surface area contributed by atoms with Gasteiger partial charge in [-0.05, 0) is 50.2 Å². The molecule has 2 aromatic carbocycles. The lowest BCUT2D eigenvalue weighted by atomic mass is 10.1. The molecule has 0 fully saturated rings. The van der Waals surface area contributed by atoms with Crippen molar-refractivity contribution >= 4 is 16.9 Å². The molecule has 0 unspecified atom stereocenters. The number of carbonyl (C=O) groups excluding carboxylic acids is 1. The monoisotopic (exact) mass is 368 g/mol. The Morgan fingerprint density at radius 2 is 1.78 bits per heavy atom. The highest BCUT2D eigenvalue weighted by molar-refractivity contribution is 5.83. The number of carbonyl (C=O) groups is 1. The summed E-state index contributed by atoms with van der Waals surface area (Å²) in [4.78, 5) is 24.9. The summed E-state index contributed by atoms with van der Waals surface area (Å²) in [5, 5.41) is 0.388. The van der Waals surface area contributed by atoms with E-state index in [9.17, 15) is 9.59 Å². The molecule has 3 rings (SSSR count). The molecular weight excluding hydrogens is 348 g/mol. The number of esters is 1. The summed E-state index contributed by atoms with van der Waals surface area (Å²) in [5.41, 5.74) is 1.64. The number of benzene rings is 2. The summed E-state index contributed by atoms with van der Waals surface area (Å²) in [6.07, 6.45) is -0.961. The van der Waals surface area contributed by atoms with Gasteiger partial charge < -0.3 is 18.6 Å². The molecule has 6 heteroatoms. The van der Waals surface area contributed by atoms with Crippen molar-refractivity contribution in [2.75, 3.05) is 14.2 Å². The van der Waals surface area contributed by atoms with Gasteiger partial charge in [0.1, 0.15) is 11.3 Å². The molecule has 0 saturated carbocycles. The van der Waals surface area contributed by atoms with Gasteiger partial charge in [-0.1, -0.05) is 11.6 Å². The molecule has 0 aliphatic heterocycles. The standard InChI is InChI=1S/C21H20O6/c1-12-5-10-17-16(11-12)18(22)20(26-13(2)21(23)25-4)19(27-17)14-6-8-15(24-3)9-7-14/h5-11,13H,1-4H3/t13-/m1/s1. The van der Waals surface area contributed by atoms with Gasteiger partial charge in [0.2, 0.25) is 11.2 Å². The van der Waals surface area contributed by atoms with Crippen LogP contribution in [-0.2, 0) is 9.53 Å². The van der Waals surface area contributed by atoms with Gasteiger partial charge in [0.25, 0.3) is 0 Å². The average molecular weight is 368 g/mol. The Morgan fingerprint density at radius 1 is 1.07 bits per heavy atom. The van der Waals surface area contributed by atoms with E-state index in [0.717, 1.165) is 5.56 Å². The molecule has 3 aromatic rings. The van der Waals surface area contributed by atoms with Crippen molar-refractivity contribution in [1.82, 2.24) is 0 Å². The lowest BCUT2D eigenvalue weighted by Gasteiger charge is -2.15. The fraction of sp³-hybridized carbons (Fsp3) is 0.238.